The van der Waals surface area contributed by atoms with Gasteiger partial charge in [0.25, 0.3) is 0 Å². The lowest BCUT2D eigenvalue weighted by molar-refractivity contribution is -0.113. The molecule has 3 N–H and O–H groups in total. The number of hydrogen-bond acceptors (Lipinski definition) is 6. The van der Waals surface area contributed by atoms with Crippen molar-refractivity contribution in [1.29, 1.82) is 0 Å². The van der Waals surface area contributed by atoms with E-state index in [1.807, 2.05) is 44.2 Å². The van der Waals surface area contributed by atoms with E-state index in [2.05, 4.69) is 15.3 Å². The SMILES string of the molecule is Cc1sc2nc(SCC(=O)Nc3ccccc3)nc(N)c2c1C. The third kappa shape index (κ3) is 3.46. The van der Waals surface area contributed by atoms with Gasteiger partial charge in [0.2, 0.25) is 5.91 Å². The summed E-state index contributed by atoms with van der Waals surface area (Å²) in [6, 6.07) is 9.35. The lowest BCUT2D eigenvalue weighted by Crippen LogP contribution is -2.14. The number of rotatable bonds is 4. The van der Waals surface area contributed by atoms with Gasteiger partial charge in [0.1, 0.15) is 10.6 Å². The molecule has 7 heteroatoms. The minimum Gasteiger partial charge on any atom is -0.383 e. The predicted molar refractivity (Wildman–Crippen MR) is 97.1 cm³/mol. The van der Waals surface area contributed by atoms with Crippen molar-refractivity contribution >= 4 is 50.7 Å². The zero-order valence-corrected chi connectivity index (χ0v) is 14.4. The van der Waals surface area contributed by atoms with Crippen molar-refractivity contribution in [2.45, 2.75) is 19.0 Å². The van der Waals surface area contributed by atoms with Crippen LogP contribution in [0.1, 0.15) is 10.4 Å². The number of fused-ring (bicyclic) bond motifs is 1. The molecule has 0 spiro atoms. The molecule has 2 heterocycles. The smallest absolute Gasteiger partial charge is 0.234 e. The number of nitrogen functional groups attached to an aromatic ring is 1. The standard InChI is InChI=1S/C16H16N4OS2/c1-9-10(2)23-15-13(9)14(17)19-16(20-15)22-8-12(21)18-11-6-4-3-5-7-11/h3-7H,8H2,1-2H3,(H,18,21)(H2,17,19,20). The number of benzene rings is 1. The number of thioether (sulfide) groups is 1. The Labute approximate surface area is 142 Å². The van der Waals surface area contributed by atoms with Crippen LogP contribution in [0.5, 0.6) is 0 Å². The number of anilines is 2. The van der Waals surface area contributed by atoms with E-state index in [-0.39, 0.29) is 11.7 Å². The van der Waals surface area contributed by atoms with Gasteiger partial charge in [0.05, 0.1) is 11.1 Å². The highest BCUT2D eigenvalue weighted by Gasteiger charge is 2.13. The number of nitrogens with two attached hydrogens (primary N) is 1. The van der Waals surface area contributed by atoms with Gasteiger partial charge in [0, 0.05) is 10.6 Å². The van der Waals surface area contributed by atoms with Crippen molar-refractivity contribution in [3.05, 3.63) is 40.8 Å². The number of nitrogens with one attached hydrogen (secondary N) is 1. The molecule has 0 fully saturated rings. The molecule has 118 valence electrons. The van der Waals surface area contributed by atoms with Gasteiger partial charge in [-0.15, -0.1) is 11.3 Å². The molecule has 1 aromatic carbocycles. The second-order valence-electron chi connectivity index (χ2n) is 5.06. The third-order valence-electron chi connectivity index (χ3n) is 3.43. The summed E-state index contributed by atoms with van der Waals surface area (Å²) in [6.07, 6.45) is 0. The summed E-state index contributed by atoms with van der Waals surface area (Å²) in [6.45, 7) is 4.06. The zero-order chi connectivity index (χ0) is 16.4. The van der Waals surface area contributed by atoms with Crippen LogP contribution in [0.3, 0.4) is 0 Å². The van der Waals surface area contributed by atoms with Crippen molar-refractivity contribution in [2.75, 3.05) is 16.8 Å². The fourth-order valence-corrected chi connectivity index (χ4v) is 3.92. The molecule has 3 aromatic rings. The van der Waals surface area contributed by atoms with Gasteiger partial charge in [-0.3, -0.25) is 4.79 Å². The fraction of sp³-hybridized carbons (Fsp3) is 0.188. The first kappa shape index (κ1) is 15.8. The Morgan fingerprint density at radius 1 is 1.26 bits per heavy atom. The van der Waals surface area contributed by atoms with Crippen molar-refractivity contribution in [3.63, 3.8) is 0 Å². The highest BCUT2D eigenvalue weighted by atomic mass is 32.2. The fourth-order valence-electron chi connectivity index (χ4n) is 2.17. The maximum Gasteiger partial charge on any atom is 0.234 e. The number of carbonyl (C=O) groups excluding carboxylic acids is 1. The molecule has 0 radical (unpaired) electrons. The molecule has 2 aromatic heterocycles. The largest absolute Gasteiger partial charge is 0.383 e. The summed E-state index contributed by atoms with van der Waals surface area (Å²) in [4.78, 5) is 22.9. The molecular formula is C16H16N4OS2. The van der Waals surface area contributed by atoms with E-state index in [0.717, 1.165) is 21.5 Å². The summed E-state index contributed by atoms with van der Waals surface area (Å²) in [5, 5.41) is 4.28. The Kier molecular flexibility index (Phi) is 4.49. The van der Waals surface area contributed by atoms with Crippen LogP contribution in [-0.4, -0.2) is 21.6 Å². The Hall–Kier alpha value is -2.12. The average molecular weight is 344 g/mol. The molecule has 0 saturated heterocycles. The molecule has 0 saturated carbocycles. The van der Waals surface area contributed by atoms with Gasteiger partial charge in [-0.2, -0.15) is 0 Å². The third-order valence-corrected chi connectivity index (χ3v) is 5.37. The predicted octanol–water partition coefficient (Wildman–Crippen LogP) is 3.62. The Morgan fingerprint density at radius 3 is 2.74 bits per heavy atom. The first-order chi connectivity index (χ1) is 11.0. The van der Waals surface area contributed by atoms with Crippen LogP contribution >= 0.6 is 23.1 Å². The summed E-state index contributed by atoms with van der Waals surface area (Å²) in [5.41, 5.74) is 7.94. The quantitative estimate of drug-likeness (QED) is 0.558. The number of thiophene rings is 1. The second-order valence-corrected chi connectivity index (χ2v) is 7.20. The summed E-state index contributed by atoms with van der Waals surface area (Å²) >= 11 is 2.88. The number of carbonyl (C=O) groups is 1. The van der Waals surface area contributed by atoms with E-state index in [9.17, 15) is 4.79 Å². The number of aryl methyl sites for hydroxylation is 2. The topological polar surface area (TPSA) is 80.9 Å². The minimum absolute atomic E-state index is 0.0954. The normalized spacial score (nSPS) is 10.9. The van der Waals surface area contributed by atoms with E-state index in [0.29, 0.717) is 11.0 Å². The van der Waals surface area contributed by atoms with Gasteiger partial charge in [0.15, 0.2) is 5.16 Å². The molecule has 0 unspecified atom stereocenters. The average Bonchev–Trinajstić information content (AvgIpc) is 2.81. The molecule has 23 heavy (non-hydrogen) atoms. The first-order valence-corrected chi connectivity index (χ1v) is 8.85. The molecule has 0 atom stereocenters. The zero-order valence-electron chi connectivity index (χ0n) is 12.8. The van der Waals surface area contributed by atoms with Crippen LogP contribution in [0.25, 0.3) is 10.2 Å². The van der Waals surface area contributed by atoms with E-state index in [1.165, 1.54) is 16.6 Å². The highest BCUT2D eigenvalue weighted by molar-refractivity contribution is 7.99. The number of amides is 1. The summed E-state index contributed by atoms with van der Waals surface area (Å²) in [5.74, 6) is 0.619. The van der Waals surface area contributed by atoms with Gasteiger partial charge < -0.3 is 11.1 Å². The van der Waals surface area contributed by atoms with E-state index < -0.39 is 0 Å². The van der Waals surface area contributed by atoms with Crippen LogP contribution in [0.4, 0.5) is 11.5 Å². The van der Waals surface area contributed by atoms with Crippen molar-refractivity contribution in [3.8, 4) is 0 Å². The molecular weight excluding hydrogens is 328 g/mol. The number of aromatic nitrogens is 2. The van der Waals surface area contributed by atoms with Crippen molar-refractivity contribution in [1.82, 2.24) is 9.97 Å². The van der Waals surface area contributed by atoms with Crippen LogP contribution in [0, 0.1) is 13.8 Å². The Morgan fingerprint density at radius 2 is 2.00 bits per heavy atom. The van der Waals surface area contributed by atoms with Crippen LogP contribution in [0.2, 0.25) is 0 Å². The van der Waals surface area contributed by atoms with E-state index in [4.69, 9.17) is 5.73 Å². The number of hydrogen-bond donors (Lipinski definition) is 2. The summed E-state index contributed by atoms with van der Waals surface area (Å²) in [7, 11) is 0. The summed E-state index contributed by atoms with van der Waals surface area (Å²) < 4.78 is 0. The van der Waals surface area contributed by atoms with Crippen molar-refractivity contribution < 1.29 is 4.79 Å². The highest BCUT2D eigenvalue weighted by Crippen LogP contribution is 2.33. The molecule has 0 aliphatic heterocycles. The minimum atomic E-state index is -0.0954. The van der Waals surface area contributed by atoms with E-state index >= 15 is 0 Å². The van der Waals surface area contributed by atoms with Gasteiger partial charge in [-0.05, 0) is 31.5 Å². The van der Waals surface area contributed by atoms with Gasteiger partial charge in [-0.1, -0.05) is 30.0 Å². The molecule has 1 amide bonds. The molecule has 3 rings (SSSR count). The molecule has 0 bridgehead atoms. The molecule has 5 nitrogen and oxygen atoms in total. The van der Waals surface area contributed by atoms with Crippen LogP contribution in [0.15, 0.2) is 35.5 Å². The monoisotopic (exact) mass is 344 g/mol. The molecule has 0 aliphatic rings. The van der Waals surface area contributed by atoms with Crippen LogP contribution in [-0.2, 0) is 4.79 Å². The number of nitrogens with zero attached hydrogens (tertiary/aromatic N) is 2. The Balaban J connectivity index is 1.71. The van der Waals surface area contributed by atoms with Crippen LogP contribution < -0.4 is 11.1 Å². The Bertz CT molecular complexity index is 861. The first-order valence-electron chi connectivity index (χ1n) is 7.05. The lowest BCUT2D eigenvalue weighted by Gasteiger charge is -2.05. The molecule has 0 aliphatic carbocycles. The lowest BCUT2D eigenvalue weighted by atomic mass is 10.2. The van der Waals surface area contributed by atoms with Gasteiger partial charge in [-0.25, -0.2) is 9.97 Å². The maximum atomic E-state index is 12.0. The van der Waals surface area contributed by atoms with Crippen molar-refractivity contribution in [2.24, 2.45) is 0 Å². The number of para-hydroxylation sites is 1. The maximum absolute atomic E-state index is 12.0. The van der Waals surface area contributed by atoms with E-state index in [1.54, 1.807) is 11.3 Å². The van der Waals surface area contributed by atoms with Gasteiger partial charge >= 0.3 is 0 Å². The second kappa shape index (κ2) is 6.55.